The third-order valence-electron chi connectivity index (χ3n) is 2.80. The van der Waals surface area contributed by atoms with Crippen LogP contribution in [0.4, 0.5) is 0 Å². The SMILES string of the molecule is CC[C@@H](C(=O)OCC(=O)NCCC#N)c1ccccc1. The third-order valence-corrected chi connectivity index (χ3v) is 2.80. The molecular formula is C15H18N2O3. The number of nitriles is 1. The minimum atomic E-state index is -0.408. The van der Waals surface area contributed by atoms with Crippen LogP contribution in [0.3, 0.4) is 0 Å². The van der Waals surface area contributed by atoms with Crippen molar-refractivity contribution in [3.63, 3.8) is 0 Å². The Bertz CT molecular complexity index is 480. The lowest BCUT2D eigenvalue weighted by Crippen LogP contribution is -2.30. The lowest BCUT2D eigenvalue weighted by molar-refractivity contribution is -0.150. The summed E-state index contributed by atoms with van der Waals surface area (Å²) in [5.74, 6) is -1.16. The molecule has 0 fully saturated rings. The average Bonchev–Trinajstić information content (AvgIpc) is 2.47. The number of hydrogen-bond donors (Lipinski definition) is 1. The van der Waals surface area contributed by atoms with Gasteiger partial charge in [-0.1, -0.05) is 37.3 Å². The molecule has 20 heavy (non-hydrogen) atoms. The van der Waals surface area contributed by atoms with E-state index in [1.54, 1.807) is 0 Å². The van der Waals surface area contributed by atoms with Gasteiger partial charge in [-0.2, -0.15) is 5.26 Å². The molecule has 0 radical (unpaired) electrons. The molecule has 0 aliphatic carbocycles. The lowest BCUT2D eigenvalue weighted by Gasteiger charge is -2.14. The number of amides is 1. The summed E-state index contributed by atoms with van der Waals surface area (Å²) in [6, 6.07) is 11.2. The number of ether oxygens (including phenoxy) is 1. The van der Waals surface area contributed by atoms with Crippen LogP contribution in [0.25, 0.3) is 0 Å². The molecule has 1 atom stereocenters. The van der Waals surface area contributed by atoms with Crippen LogP contribution in [0, 0.1) is 11.3 Å². The van der Waals surface area contributed by atoms with Crippen molar-refractivity contribution in [3.8, 4) is 6.07 Å². The monoisotopic (exact) mass is 274 g/mol. The first-order valence-corrected chi connectivity index (χ1v) is 6.54. The first-order valence-electron chi connectivity index (χ1n) is 6.54. The molecule has 1 N–H and O–H groups in total. The maximum absolute atomic E-state index is 12.0. The van der Waals surface area contributed by atoms with E-state index in [2.05, 4.69) is 5.32 Å². The second-order valence-electron chi connectivity index (χ2n) is 4.24. The fourth-order valence-electron chi connectivity index (χ4n) is 1.77. The molecule has 5 nitrogen and oxygen atoms in total. The number of rotatable bonds is 7. The van der Waals surface area contributed by atoms with Gasteiger partial charge in [-0.25, -0.2) is 0 Å². The molecule has 0 bridgehead atoms. The summed E-state index contributed by atoms with van der Waals surface area (Å²) in [6.45, 7) is 1.85. The van der Waals surface area contributed by atoms with Crippen molar-refractivity contribution in [3.05, 3.63) is 35.9 Å². The van der Waals surface area contributed by atoms with Gasteiger partial charge in [-0.15, -0.1) is 0 Å². The van der Waals surface area contributed by atoms with Gasteiger partial charge in [-0.3, -0.25) is 9.59 Å². The largest absolute Gasteiger partial charge is 0.455 e. The molecule has 0 aliphatic rings. The Kier molecular flexibility index (Phi) is 6.83. The number of esters is 1. The van der Waals surface area contributed by atoms with Crippen LogP contribution in [-0.2, 0) is 14.3 Å². The lowest BCUT2D eigenvalue weighted by atomic mass is 9.97. The molecule has 0 aromatic heterocycles. The van der Waals surface area contributed by atoms with Crippen molar-refractivity contribution in [1.29, 1.82) is 5.26 Å². The minimum Gasteiger partial charge on any atom is -0.455 e. The van der Waals surface area contributed by atoms with Crippen LogP contribution < -0.4 is 5.32 Å². The quantitative estimate of drug-likeness (QED) is 0.607. The van der Waals surface area contributed by atoms with E-state index in [-0.39, 0.29) is 25.5 Å². The van der Waals surface area contributed by atoms with Gasteiger partial charge in [0.15, 0.2) is 6.61 Å². The fourth-order valence-corrected chi connectivity index (χ4v) is 1.77. The number of nitrogens with zero attached hydrogens (tertiary/aromatic N) is 1. The zero-order valence-electron chi connectivity index (χ0n) is 11.5. The van der Waals surface area contributed by atoms with Gasteiger partial charge in [0.1, 0.15) is 0 Å². The highest BCUT2D eigenvalue weighted by atomic mass is 16.5. The van der Waals surface area contributed by atoms with E-state index in [9.17, 15) is 9.59 Å². The summed E-state index contributed by atoms with van der Waals surface area (Å²) < 4.78 is 5.01. The Hall–Kier alpha value is -2.35. The maximum Gasteiger partial charge on any atom is 0.313 e. The summed E-state index contributed by atoms with van der Waals surface area (Å²) in [4.78, 5) is 23.3. The number of benzene rings is 1. The second kappa shape index (κ2) is 8.70. The maximum atomic E-state index is 12.0. The van der Waals surface area contributed by atoms with Crippen molar-refractivity contribution in [1.82, 2.24) is 5.32 Å². The predicted molar refractivity (Wildman–Crippen MR) is 73.7 cm³/mol. The number of carbonyl (C=O) groups excluding carboxylic acids is 2. The molecule has 1 aromatic carbocycles. The van der Waals surface area contributed by atoms with E-state index in [1.807, 2.05) is 43.3 Å². The molecule has 0 aliphatic heterocycles. The van der Waals surface area contributed by atoms with Gasteiger partial charge >= 0.3 is 5.97 Å². The Balaban J connectivity index is 2.45. The van der Waals surface area contributed by atoms with E-state index in [0.717, 1.165) is 5.56 Å². The van der Waals surface area contributed by atoms with Crippen LogP contribution in [0.1, 0.15) is 31.2 Å². The molecule has 0 spiro atoms. The molecule has 0 heterocycles. The van der Waals surface area contributed by atoms with Gasteiger partial charge in [0.05, 0.1) is 18.4 Å². The minimum absolute atomic E-state index is 0.237. The first kappa shape index (κ1) is 15.7. The van der Waals surface area contributed by atoms with Crippen LogP contribution in [0.2, 0.25) is 0 Å². The van der Waals surface area contributed by atoms with Crippen molar-refractivity contribution in [2.75, 3.05) is 13.2 Å². The number of nitrogens with one attached hydrogen (secondary N) is 1. The van der Waals surface area contributed by atoms with E-state index >= 15 is 0 Å². The predicted octanol–water partition coefficient (Wildman–Crippen LogP) is 1.75. The van der Waals surface area contributed by atoms with Crippen molar-refractivity contribution < 1.29 is 14.3 Å². The van der Waals surface area contributed by atoms with Crippen LogP contribution in [0.5, 0.6) is 0 Å². The number of carbonyl (C=O) groups is 2. The van der Waals surface area contributed by atoms with Gasteiger partial charge < -0.3 is 10.1 Å². The highest BCUT2D eigenvalue weighted by Gasteiger charge is 2.20. The Labute approximate surface area is 118 Å². The molecule has 5 heteroatoms. The van der Waals surface area contributed by atoms with Crippen molar-refractivity contribution in [2.45, 2.75) is 25.7 Å². The zero-order valence-corrected chi connectivity index (χ0v) is 11.5. The smallest absolute Gasteiger partial charge is 0.313 e. The molecule has 0 saturated carbocycles. The topological polar surface area (TPSA) is 79.2 Å². The summed E-state index contributed by atoms with van der Waals surface area (Å²) >= 11 is 0. The van der Waals surface area contributed by atoms with Gasteiger partial charge in [0, 0.05) is 6.54 Å². The van der Waals surface area contributed by atoms with E-state index in [0.29, 0.717) is 6.42 Å². The Morgan fingerprint density at radius 3 is 2.65 bits per heavy atom. The highest BCUT2D eigenvalue weighted by Crippen LogP contribution is 2.20. The van der Waals surface area contributed by atoms with Crippen LogP contribution in [0.15, 0.2) is 30.3 Å². The van der Waals surface area contributed by atoms with Crippen LogP contribution >= 0.6 is 0 Å². The molecule has 0 saturated heterocycles. The van der Waals surface area contributed by atoms with E-state index in [4.69, 9.17) is 10.00 Å². The van der Waals surface area contributed by atoms with Gasteiger partial charge in [-0.05, 0) is 12.0 Å². The fraction of sp³-hybridized carbons (Fsp3) is 0.400. The molecule has 1 rings (SSSR count). The van der Waals surface area contributed by atoms with Crippen molar-refractivity contribution >= 4 is 11.9 Å². The Morgan fingerprint density at radius 2 is 2.05 bits per heavy atom. The van der Waals surface area contributed by atoms with E-state index < -0.39 is 11.9 Å². The standard InChI is InChI=1S/C15H18N2O3/c1-2-13(12-7-4-3-5-8-12)15(19)20-11-14(18)17-10-6-9-16/h3-5,7-8,13H,2,6,10-11H2,1H3,(H,17,18)/t13-/m1/s1. The average molecular weight is 274 g/mol. The Morgan fingerprint density at radius 1 is 1.35 bits per heavy atom. The molecular weight excluding hydrogens is 256 g/mol. The first-order chi connectivity index (χ1) is 9.69. The molecule has 1 amide bonds. The molecule has 0 unspecified atom stereocenters. The van der Waals surface area contributed by atoms with Crippen molar-refractivity contribution in [2.24, 2.45) is 0 Å². The van der Waals surface area contributed by atoms with E-state index in [1.165, 1.54) is 0 Å². The second-order valence-corrected chi connectivity index (χ2v) is 4.24. The molecule has 1 aromatic rings. The van der Waals surface area contributed by atoms with Gasteiger partial charge in [0.25, 0.3) is 5.91 Å². The molecule has 106 valence electrons. The summed E-state index contributed by atoms with van der Waals surface area (Å²) in [5.41, 5.74) is 0.880. The normalized spacial score (nSPS) is 11.2. The van der Waals surface area contributed by atoms with Gasteiger partial charge in [0.2, 0.25) is 0 Å². The number of hydrogen-bond acceptors (Lipinski definition) is 4. The highest BCUT2D eigenvalue weighted by molar-refractivity contribution is 5.83. The summed E-state index contributed by atoms with van der Waals surface area (Å²) in [5, 5.41) is 10.8. The summed E-state index contributed by atoms with van der Waals surface area (Å²) in [7, 11) is 0. The zero-order chi connectivity index (χ0) is 14.8. The third kappa shape index (κ3) is 5.11. The summed E-state index contributed by atoms with van der Waals surface area (Å²) in [6.07, 6.45) is 0.847. The van der Waals surface area contributed by atoms with Crippen LogP contribution in [-0.4, -0.2) is 25.0 Å².